The molecule has 0 fully saturated rings. The lowest BCUT2D eigenvalue weighted by Gasteiger charge is -2.02. The average molecular weight is 188 g/mol. The van der Waals surface area contributed by atoms with Crippen LogP contribution in [0.4, 0.5) is 0 Å². The highest BCUT2D eigenvalue weighted by Gasteiger charge is 1.90. The monoisotopic (exact) mass is 188 g/mol. The van der Waals surface area contributed by atoms with Gasteiger partial charge in [-0.3, -0.25) is 0 Å². The van der Waals surface area contributed by atoms with E-state index >= 15 is 0 Å². The van der Waals surface area contributed by atoms with Crippen molar-refractivity contribution in [1.29, 1.82) is 0 Å². The van der Waals surface area contributed by atoms with Gasteiger partial charge in [0.05, 0.1) is 0 Å². The Kier molecular flexibility index (Phi) is 4.56. The molecule has 1 rings (SSSR count). The van der Waals surface area contributed by atoms with Crippen molar-refractivity contribution >= 4 is 6.08 Å². The summed E-state index contributed by atoms with van der Waals surface area (Å²) in [6.07, 6.45) is 8.06. The lowest BCUT2D eigenvalue weighted by atomic mass is 10.2. The third-order valence-electron chi connectivity index (χ3n) is 1.82. The molecule has 1 aromatic rings. The summed E-state index contributed by atoms with van der Waals surface area (Å²) in [6.45, 7) is 4.63. The Hall–Kier alpha value is -1.50. The maximum absolute atomic E-state index is 5.47. The number of hydrogen-bond donors (Lipinski definition) is 0. The molecule has 0 unspecified atom stereocenters. The summed E-state index contributed by atoms with van der Waals surface area (Å²) in [4.78, 5) is 0. The molecule has 0 aliphatic carbocycles. The van der Waals surface area contributed by atoms with E-state index in [1.165, 1.54) is 5.56 Å². The van der Waals surface area contributed by atoms with Gasteiger partial charge >= 0.3 is 0 Å². The molecule has 1 heteroatoms. The number of rotatable bonds is 4. The molecular weight excluding hydrogens is 172 g/mol. The Labute approximate surface area is 85.7 Å². The first kappa shape index (κ1) is 10.6. The van der Waals surface area contributed by atoms with E-state index in [-0.39, 0.29) is 0 Å². The zero-order valence-corrected chi connectivity index (χ0v) is 8.73. The highest BCUT2D eigenvalue weighted by atomic mass is 16.5. The van der Waals surface area contributed by atoms with E-state index in [9.17, 15) is 0 Å². The van der Waals surface area contributed by atoms with E-state index in [0.717, 1.165) is 5.75 Å². The predicted molar refractivity (Wildman–Crippen MR) is 61.5 cm³/mol. The smallest absolute Gasteiger partial charge is 0.119 e. The summed E-state index contributed by atoms with van der Waals surface area (Å²) < 4.78 is 5.47. The molecule has 1 aromatic carbocycles. The molecule has 0 saturated heterocycles. The van der Waals surface area contributed by atoms with Crippen molar-refractivity contribution in [2.45, 2.75) is 13.8 Å². The maximum atomic E-state index is 5.47. The summed E-state index contributed by atoms with van der Waals surface area (Å²) in [5.41, 5.74) is 1.20. The van der Waals surface area contributed by atoms with Gasteiger partial charge in [0, 0.05) is 0 Å². The predicted octanol–water partition coefficient (Wildman–Crippen LogP) is 3.67. The normalized spacial score (nSPS) is 11.3. The molecule has 0 saturated carbocycles. The van der Waals surface area contributed by atoms with Gasteiger partial charge in [-0.2, -0.15) is 0 Å². The van der Waals surface area contributed by atoms with E-state index < -0.39 is 0 Å². The van der Waals surface area contributed by atoms with E-state index in [1.54, 1.807) is 0 Å². The largest absolute Gasteiger partial charge is 0.490 e. The van der Waals surface area contributed by atoms with Gasteiger partial charge in [0.15, 0.2) is 0 Å². The Bertz CT molecular complexity index is 307. The third kappa shape index (κ3) is 3.48. The Morgan fingerprint density at radius 1 is 1.07 bits per heavy atom. The van der Waals surface area contributed by atoms with Gasteiger partial charge in [-0.15, -0.1) is 0 Å². The van der Waals surface area contributed by atoms with Crippen molar-refractivity contribution in [3.63, 3.8) is 0 Å². The van der Waals surface area contributed by atoms with Gasteiger partial charge in [-0.25, -0.2) is 0 Å². The van der Waals surface area contributed by atoms with Crippen LogP contribution in [0.3, 0.4) is 0 Å². The van der Waals surface area contributed by atoms with Crippen molar-refractivity contribution in [3.05, 3.63) is 48.1 Å². The Morgan fingerprint density at radius 2 is 1.79 bits per heavy atom. The van der Waals surface area contributed by atoms with Crippen molar-refractivity contribution in [2.75, 3.05) is 6.61 Å². The minimum Gasteiger partial charge on any atom is -0.490 e. The molecule has 0 aliphatic rings. The van der Waals surface area contributed by atoms with Crippen molar-refractivity contribution < 1.29 is 4.74 Å². The van der Waals surface area contributed by atoms with Crippen LogP contribution in [0.1, 0.15) is 19.4 Å². The van der Waals surface area contributed by atoms with E-state index in [1.807, 2.05) is 56.3 Å². The van der Waals surface area contributed by atoms with Crippen molar-refractivity contribution in [1.82, 2.24) is 0 Å². The van der Waals surface area contributed by atoms with Crippen molar-refractivity contribution in [3.8, 4) is 5.75 Å². The number of ether oxygens (including phenoxy) is 1. The third-order valence-corrected chi connectivity index (χ3v) is 1.82. The summed E-state index contributed by atoms with van der Waals surface area (Å²) >= 11 is 0. The zero-order chi connectivity index (χ0) is 10.2. The highest BCUT2D eigenvalue weighted by molar-refractivity contribution is 5.50. The second-order valence-corrected chi connectivity index (χ2v) is 2.95. The molecule has 0 heterocycles. The molecular formula is C13H16O. The summed E-state index contributed by atoms with van der Waals surface area (Å²) in [5.74, 6) is 0.913. The topological polar surface area (TPSA) is 9.23 Å². The molecule has 74 valence electrons. The lowest BCUT2D eigenvalue weighted by Crippen LogP contribution is -1.92. The lowest BCUT2D eigenvalue weighted by molar-refractivity contribution is 0.362. The number of benzene rings is 1. The van der Waals surface area contributed by atoms with Gasteiger partial charge < -0.3 is 4.74 Å². The second kappa shape index (κ2) is 6.03. The fourth-order valence-electron chi connectivity index (χ4n) is 1.11. The van der Waals surface area contributed by atoms with Gasteiger partial charge in [-0.1, -0.05) is 36.4 Å². The zero-order valence-electron chi connectivity index (χ0n) is 8.73. The van der Waals surface area contributed by atoms with Crippen LogP contribution in [0.25, 0.3) is 6.08 Å². The molecule has 1 nitrogen and oxygen atoms in total. The second-order valence-electron chi connectivity index (χ2n) is 2.95. The van der Waals surface area contributed by atoms with Crippen molar-refractivity contribution in [2.24, 2.45) is 0 Å². The Balaban J connectivity index is 2.55. The quantitative estimate of drug-likeness (QED) is 0.655. The van der Waals surface area contributed by atoms with Gasteiger partial charge in [0.2, 0.25) is 0 Å². The molecule has 0 aromatic heterocycles. The van der Waals surface area contributed by atoms with E-state index in [4.69, 9.17) is 4.74 Å². The average Bonchev–Trinajstić information content (AvgIpc) is 2.21. The van der Waals surface area contributed by atoms with Crippen LogP contribution in [0.5, 0.6) is 5.75 Å². The molecule has 0 radical (unpaired) electrons. The Morgan fingerprint density at radius 3 is 2.36 bits per heavy atom. The standard InChI is InChI=1S/C13H16O/c1-3-5-11-14-13-9-7-12(6-4-2)8-10-13/h3-10H,11H2,1-2H3/b5-3+,6-4-. The van der Waals surface area contributed by atoms with Crippen LogP contribution < -0.4 is 4.74 Å². The van der Waals surface area contributed by atoms with Crippen LogP contribution in [-0.2, 0) is 0 Å². The minimum atomic E-state index is 0.638. The molecule has 0 N–H and O–H groups in total. The van der Waals surface area contributed by atoms with Crippen LogP contribution in [0.2, 0.25) is 0 Å². The summed E-state index contributed by atoms with van der Waals surface area (Å²) in [7, 11) is 0. The number of hydrogen-bond acceptors (Lipinski definition) is 1. The fraction of sp³-hybridized carbons (Fsp3) is 0.231. The van der Waals surface area contributed by atoms with Crippen LogP contribution in [0.15, 0.2) is 42.5 Å². The highest BCUT2D eigenvalue weighted by Crippen LogP contribution is 2.12. The summed E-state index contributed by atoms with van der Waals surface area (Å²) in [5, 5.41) is 0. The molecule has 14 heavy (non-hydrogen) atoms. The maximum Gasteiger partial charge on any atom is 0.119 e. The van der Waals surface area contributed by atoms with Crippen LogP contribution in [-0.4, -0.2) is 6.61 Å². The first-order valence-corrected chi connectivity index (χ1v) is 4.83. The first-order chi connectivity index (χ1) is 6.86. The minimum absolute atomic E-state index is 0.638. The van der Waals surface area contributed by atoms with Gasteiger partial charge in [0.1, 0.15) is 12.4 Å². The molecule has 0 atom stereocenters. The first-order valence-electron chi connectivity index (χ1n) is 4.83. The number of allylic oxidation sites excluding steroid dienone is 2. The fourth-order valence-corrected chi connectivity index (χ4v) is 1.11. The SMILES string of the molecule is C/C=C\c1ccc(OC/C=C/C)cc1. The van der Waals surface area contributed by atoms with Gasteiger partial charge in [-0.05, 0) is 31.5 Å². The van der Waals surface area contributed by atoms with Crippen LogP contribution >= 0.6 is 0 Å². The summed E-state index contributed by atoms with van der Waals surface area (Å²) in [6, 6.07) is 8.06. The van der Waals surface area contributed by atoms with E-state index in [0.29, 0.717) is 6.61 Å². The molecule has 0 spiro atoms. The molecule has 0 amide bonds. The van der Waals surface area contributed by atoms with E-state index in [2.05, 4.69) is 6.08 Å². The molecule has 0 aliphatic heterocycles. The van der Waals surface area contributed by atoms with Crippen LogP contribution in [0, 0.1) is 0 Å². The van der Waals surface area contributed by atoms with Gasteiger partial charge in [0.25, 0.3) is 0 Å². The molecule has 0 bridgehead atoms.